The van der Waals surface area contributed by atoms with Gasteiger partial charge in [-0.15, -0.1) is 0 Å². The van der Waals surface area contributed by atoms with Crippen molar-refractivity contribution in [1.29, 1.82) is 0 Å². The first kappa shape index (κ1) is 17.9. The van der Waals surface area contributed by atoms with Crippen LogP contribution in [0.3, 0.4) is 0 Å². The molecule has 140 valence electrons. The third kappa shape index (κ3) is 3.18. The van der Waals surface area contributed by atoms with Crippen molar-refractivity contribution in [3.63, 3.8) is 0 Å². The number of para-hydroxylation sites is 1. The Kier molecular flexibility index (Phi) is 4.59. The minimum atomic E-state index is 0.299. The van der Waals surface area contributed by atoms with Crippen LogP contribution in [0.1, 0.15) is 53.1 Å². The van der Waals surface area contributed by atoms with Crippen LogP contribution in [-0.2, 0) is 0 Å². The summed E-state index contributed by atoms with van der Waals surface area (Å²) in [7, 11) is 0. The monoisotopic (exact) mass is 359 g/mol. The van der Waals surface area contributed by atoms with Gasteiger partial charge in [0.1, 0.15) is 12.4 Å². The molecule has 2 aliphatic rings. The molecule has 1 heterocycles. The van der Waals surface area contributed by atoms with Gasteiger partial charge in [-0.2, -0.15) is 0 Å². The lowest BCUT2D eigenvalue weighted by molar-refractivity contribution is 0.348. The lowest BCUT2D eigenvalue weighted by atomic mass is 9.75. The molecule has 0 radical (unpaired) electrons. The third-order valence-electron chi connectivity index (χ3n) is 5.88. The summed E-state index contributed by atoms with van der Waals surface area (Å²) in [6.45, 7) is 13.2. The Bertz CT molecular complexity index is 901. The molecule has 1 aliphatic carbocycles. The van der Waals surface area contributed by atoms with E-state index in [-0.39, 0.29) is 0 Å². The number of aryl methyl sites for hydroxylation is 3. The molecule has 2 heteroatoms. The zero-order valence-electron chi connectivity index (χ0n) is 16.8. The summed E-state index contributed by atoms with van der Waals surface area (Å²) in [6.07, 6.45) is 5.85. The quantitative estimate of drug-likeness (QED) is 0.638. The number of hydrogen-bond acceptors (Lipinski definition) is 2. The van der Waals surface area contributed by atoms with Crippen LogP contribution in [-0.4, -0.2) is 6.61 Å². The molecule has 4 rings (SSSR count). The second-order valence-electron chi connectivity index (χ2n) is 8.25. The fraction of sp³-hybridized carbons (Fsp3) is 0.360. The second-order valence-corrected chi connectivity index (χ2v) is 8.25. The smallest absolute Gasteiger partial charge is 0.143 e. The Morgan fingerprint density at radius 1 is 1.19 bits per heavy atom. The van der Waals surface area contributed by atoms with E-state index in [1.165, 1.54) is 27.8 Å². The van der Waals surface area contributed by atoms with Crippen molar-refractivity contribution < 1.29 is 4.74 Å². The molecule has 3 unspecified atom stereocenters. The van der Waals surface area contributed by atoms with Crippen LogP contribution in [0, 0.1) is 26.7 Å². The molecule has 0 spiro atoms. The number of anilines is 1. The molecule has 0 bridgehead atoms. The SMILES string of the molecule is C=C(C)COc1cccc2c1NC(c1c(C)cc(C)cc1C)C1CC=CC21. The van der Waals surface area contributed by atoms with Crippen LogP contribution >= 0.6 is 0 Å². The average molecular weight is 360 g/mol. The highest BCUT2D eigenvalue weighted by Gasteiger charge is 2.40. The van der Waals surface area contributed by atoms with Gasteiger partial charge in [0, 0.05) is 5.92 Å². The van der Waals surface area contributed by atoms with E-state index < -0.39 is 0 Å². The van der Waals surface area contributed by atoms with Gasteiger partial charge >= 0.3 is 0 Å². The average Bonchev–Trinajstić information content (AvgIpc) is 3.09. The highest BCUT2D eigenvalue weighted by atomic mass is 16.5. The van der Waals surface area contributed by atoms with E-state index in [2.05, 4.69) is 75.2 Å². The molecule has 2 aromatic carbocycles. The maximum absolute atomic E-state index is 6.09. The van der Waals surface area contributed by atoms with Gasteiger partial charge < -0.3 is 10.1 Å². The minimum Gasteiger partial charge on any atom is -0.487 e. The number of hydrogen-bond donors (Lipinski definition) is 1. The van der Waals surface area contributed by atoms with E-state index in [0.717, 1.165) is 23.4 Å². The van der Waals surface area contributed by atoms with Crippen molar-refractivity contribution in [2.45, 2.75) is 46.1 Å². The number of benzene rings is 2. The first-order valence-electron chi connectivity index (χ1n) is 9.86. The maximum Gasteiger partial charge on any atom is 0.143 e. The summed E-state index contributed by atoms with van der Waals surface area (Å²) < 4.78 is 6.09. The van der Waals surface area contributed by atoms with Crippen LogP contribution in [0.15, 0.2) is 54.6 Å². The topological polar surface area (TPSA) is 21.3 Å². The van der Waals surface area contributed by atoms with Crippen molar-refractivity contribution in [3.8, 4) is 5.75 Å². The zero-order valence-corrected chi connectivity index (χ0v) is 16.8. The van der Waals surface area contributed by atoms with Crippen LogP contribution in [0.25, 0.3) is 0 Å². The summed E-state index contributed by atoms with van der Waals surface area (Å²) in [5.74, 6) is 1.93. The van der Waals surface area contributed by atoms with Gasteiger partial charge in [-0.1, -0.05) is 48.6 Å². The van der Waals surface area contributed by atoms with Gasteiger partial charge in [0.25, 0.3) is 0 Å². The van der Waals surface area contributed by atoms with Gasteiger partial charge in [-0.3, -0.25) is 0 Å². The Labute approximate surface area is 163 Å². The van der Waals surface area contributed by atoms with Crippen LogP contribution in [0.4, 0.5) is 5.69 Å². The standard InChI is InChI=1S/C25H29NO/c1-15(2)14-27-22-11-7-10-20-19-8-6-9-21(19)25(26-24(20)22)23-17(4)12-16(3)13-18(23)5/h6-8,10-13,19,21,25-26H,1,9,14H2,2-5H3. The molecule has 0 aromatic heterocycles. The van der Waals surface area contributed by atoms with Gasteiger partial charge in [0.2, 0.25) is 0 Å². The number of fused-ring (bicyclic) bond motifs is 3. The minimum absolute atomic E-state index is 0.299. The summed E-state index contributed by atoms with van der Waals surface area (Å²) in [6, 6.07) is 11.3. The van der Waals surface area contributed by atoms with Crippen molar-refractivity contribution in [1.82, 2.24) is 0 Å². The van der Waals surface area contributed by atoms with Gasteiger partial charge in [0.15, 0.2) is 0 Å². The van der Waals surface area contributed by atoms with Gasteiger partial charge in [0.05, 0.1) is 11.7 Å². The normalized spacial score (nSPS) is 22.7. The van der Waals surface area contributed by atoms with Gasteiger partial charge in [-0.05, 0) is 73.9 Å². The Morgan fingerprint density at radius 3 is 2.63 bits per heavy atom. The first-order chi connectivity index (χ1) is 13.0. The molecule has 0 saturated heterocycles. The highest BCUT2D eigenvalue weighted by Crippen LogP contribution is 2.53. The molecule has 2 aromatic rings. The van der Waals surface area contributed by atoms with Crippen LogP contribution < -0.4 is 10.1 Å². The lowest BCUT2D eigenvalue weighted by Gasteiger charge is -2.39. The fourth-order valence-corrected chi connectivity index (χ4v) is 4.88. The molecular formula is C25H29NO. The van der Waals surface area contributed by atoms with E-state index in [1.807, 2.05) is 6.92 Å². The Hall–Kier alpha value is -2.48. The summed E-state index contributed by atoms with van der Waals surface area (Å²) >= 11 is 0. The molecule has 1 N–H and O–H groups in total. The van der Waals surface area contributed by atoms with Gasteiger partial charge in [-0.25, -0.2) is 0 Å². The molecule has 0 amide bonds. The second kappa shape index (κ2) is 6.92. The van der Waals surface area contributed by atoms with Crippen molar-refractivity contribution >= 4 is 5.69 Å². The maximum atomic E-state index is 6.09. The Balaban J connectivity index is 1.80. The molecule has 1 aliphatic heterocycles. The first-order valence-corrected chi connectivity index (χ1v) is 9.86. The Morgan fingerprint density at radius 2 is 1.93 bits per heavy atom. The summed E-state index contributed by atoms with van der Waals surface area (Å²) in [5.41, 5.74) is 9.06. The van der Waals surface area contributed by atoms with Crippen molar-refractivity contribution in [3.05, 3.63) is 82.5 Å². The molecule has 2 nitrogen and oxygen atoms in total. The molecule has 3 atom stereocenters. The fourth-order valence-electron chi connectivity index (χ4n) is 4.88. The number of ether oxygens (including phenoxy) is 1. The van der Waals surface area contributed by atoms with E-state index in [4.69, 9.17) is 4.74 Å². The van der Waals surface area contributed by atoms with E-state index in [1.54, 1.807) is 0 Å². The molecule has 27 heavy (non-hydrogen) atoms. The van der Waals surface area contributed by atoms with Crippen LogP contribution in [0.5, 0.6) is 5.75 Å². The number of nitrogens with one attached hydrogen (secondary N) is 1. The summed E-state index contributed by atoms with van der Waals surface area (Å²) in [5, 5.41) is 3.88. The zero-order chi connectivity index (χ0) is 19.1. The largest absolute Gasteiger partial charge is 0.487 e. The van der Waals surface area contributed by atoms with Crippen molar-refractivity contribution in [2.24, 2.45) is 5.92 Å². The lowest BCUT2D eigenvalue weighted by Crippen LogP contribution is -2.30. The number of rotatable bonds is 4. The van der Waals surface area contributed by atoms with E-state index in [0.29, 0.717) is 24.5 Å². The molecular weight excluding hydrogens is 330 g/mol. The predicted octanol–water partition coefficient (Wildman–Crippen LogP) is 6.39. The van der Waals surface area contributed by atoms with Crippen molar-refractivity contribution in [2.75, 3.05) is 11.9 Å². The molecule has 0 fully saturated rings. The van der Waals surface area contributed by atoms with E-state index >= 15 is 0 Å². The van der Waals surface area contributed by atoms with E-state index in [9.17, 15) is 0 Å². The highest BCUT2D eigenvalue weighted by molar-refractivity contribution is 5.68. The molecule has 0 saturated carbocycles. The number of allylic oxidation sites excluding steroid dienone is 2. The van der Waals surface area contributed by atoms with Crippen LogP contribution in [0.2, 0.25) is 0 Å². The predicted molar refractivity (Wildman–Crippen MR) is 114 cm³/mol. The summed E-state index contributed by atoms with van der Waals surface area (Å²) in [4.78, 5) is 0. The third-order valence-corrected chi connectivity index (χ3v) is 5.88.